The van der Waals surface area contributed by atoms with Crippen molar-refractivity contribution < 1.29 is 9.84 Å². The lowest BCUT2D eigenvalue weighted by atomic mass is 9.66. The summed E-state index contributed by atoms with van der Waals surface area (Å²) < 4.78 is 5.20. The fourth-order valence-corrected chi connectivity index (χ4v) is 3.39. The molecule has 1 fully saturated rings. The predicted octanol–water partition coefficient (Wildman–Crippen LogP) is 3.59. The fourth-order valence-electron chi connectivity index (χ4n) is 3.39. The zero-order valence-electron chi connectivity index (χ0n) is 12.3. The van der Waals surface area contributed by atoms with Gasteiger partial charge in [0.15, 0.2) is 0 Å². The molecule has 0 aliphatic heterocycles. The quantitative estimate of drug-likeness (QED) is 0.912. The first-order valence-electron chi connectivity index (χ1n) is 7.29. The van der Waals surface area contributed by atoms with Crippen molar-refractivity contribution in [3.8, 4) is 6.07 Å². The number of hydrogen-bond acceptors (Lipinski definition) is 3. The molecule has 0 spiro atoms. The van der Waals surface area contributed by atoms with E-state index in [1.54, 1.807) is 7.11 Å². The lowest BCUT2D eigenvalue weighted by Gasteiger charge is -2.38. The summed E-state index contributed by atoms with van der Waals surface area (Å²) in [4.78, 5) is 0. The van der Waals surface area contributed by atoms with Gasteiger partial charge in [0.1, 0.15) is 0 Å². The average Bonchev–Trinajstić information content (AvgIpc) is 2.47. The van der Waals surface area contributed by atoms with Gasteiger partial charge in [-0.1, -0.05) is 44.0 Å². The Balaban J connectivity index is 2.34. The zero-order valence-corrected chi connectivity index (χ0v) is 12.3. The summed E-state index contributed by atoms with van der Waals surface area (Å²) in [5.41, 5.74) is 1.15. The molecule has 1 aliphatic carbocycles. The Hall–Kier alpha value is -1.37. The lowest BCUT2D eigenvalue weighted by Crippen LogP contribution is -2.33. The first kappa shape index (κ1) is 15.0. The molecule has 0 radical (unpaired) electrons. The van der Waals surface area contributed by atoms with Crippen LogP contribution in [-0.2, 0) is 11.3 Å². The highest BCUT2D eigenvalue weighted by Gasteiger charge is 2.42. The Kier molecular flexibility index (Phi) is 4.80. The van der Waals surface area contributed by atoms with Gasteiger partial charge < -0.3 is 9.84 Å². The van der Waals surface area contributed by atoms with Crippen LogP contribution in [0.15, 0.2) is 24.3 Å². The van der Waals surface area contributed by atoms with Gasteiger partial charge in [-0.15, -0.1) is 0 Å². The number of rotatable bonds is 4. The van der Waals surface area contributed by atoms with Gasteiger partial charge in [-0.25, -0.2) is 0 Å². The second kappa shape index (κ2) is 6.39. The minimum Gasteiger partial charge on any atom is -0.387 e. The number of ether oxygens (including phenoxy) is 1. The van der Waals surface area contributed by atoms with Crippen LogP contribution >= 0.6 is 0 Å². The van der Waals surface area contributed by atoms with Gasteiger partial charge in [0.05, 0.1) is 24.2 Å². The van der Waals surface area contributed by atoms with Gasteiger partial charge in [-0.3, -0.25) is 0 Å². The van der Waals surface area contributed by atoms with Crippen molar-refractivity contribution in [2.75, 3.05) is 7.11 Å². The van der Waals surface area contributed by atoms with E-state index in [-0.39, 0.29) is 0 Å². The van der Waals surface area contributed by atoms with Crippen LogP contribution in [0.4, 0.5) is 0 Å². The maximum absolute atomic E-state index is 10.8. The van der Waals surface area contributed by atoms with E-state index in [0.29, 0.717) is 12.5 Å². The van der Waals surface area contributed by atoms with Crippen LogP contribution in [0.25, 0.3) is 0 Å². The van der Waals surface area contributed by atoms with Crippen molar-refractivity contribution in [1.82, 2.24) is 0 Å². The van der Waals surface area contributed by atoms with E-state index in [2.05, 4.69) is 13.0 Å². The van der Waals surface area contributed by atoms with E-state index in [4.69, 9.17) is 4.74 Å². The van der Waals surface area contributed by atoms with Crippen LogP contribution in [0.5, 0.6) is 0 Å². The predicted molar refractivity (Wildman–Crippen MR) is 77.8 cm³/mol. The number of aliphatic hydroxyl groups is 1. The van der Waals surface area contributed by atoms with Gasteiger partial charge in [0, 0.05) is 7.11 Å². The highest BCUT2D eigenvalue weighted by atomic mass is 16.5. The van der Waals surface area contributed by atoms with Crippen molar-refractivity contribution in [3.63, 3.8) is 0 Å². The van der Waals surface area contributed by atoms with E-state index in [1.807, 2.05) is 24.3 Å². The van der Waals surface area contributed by atoms with Crippen LogP contribution in [0.3, 0.4) is 0 Å². The van der Waals surface area contributed by atoms with E-state index < -0.39 is 11.5 Å². The van der Waals surface area contributed by atoms with Gasteiger partial charge in [-0.2, -0.15) is 5.26 Å². The first-order valence-corrected chi connectivity index (χ1v) is 7.29. The van der Waals surface area contributed by atoms with Gasteiger partial charge >= 0.3 is 0 Å². The van der Waals surface area contributed by atoms with Gasteiger partial charge in [0.25, 0.3) is 0 Å². The number of nitrogens with zero attached hydrogens (tertiary/aromatic N) is 1. The van der Waals surface area contributed by atoms with Crippen molar-refractivity contribution in [2.45, 2.75) is 45.3 Å². The molecule has 20 heavy (non-hydrogen) atoms. The molecule has 1 aromatic carbocycles. The molecular weight excluding hydrogens is 250 g/mol. The molecule has 1 aromatic rings. The summed E-state index contributed by atoms with van der Waals surface area (Å²) in [6.07, 6.45) is 2.97. The molecule has 1 aliphatic rings. The molecule has 3 heteroatoms. The molecule has 3 nitrogen and oxygen atoms in total. The Bertz CT molecular complexity index is 494. The normalized spacial score (nSPS) is 27.8. The monoisotopic (exact) mass is 273 g/mol. The first-order chi connectivity index (χ1) is 9.63. The Morgan fingerprint density at radius 1 is 1.50 bits per heavy atom. The standard InChI is InChI=1S/C17H23NO2/c1-13-6-5-9-17(10-13,12-18)16(19)15-8-4-3-7-14(15)11-20-2/h3-4,7-8,13,16,19H,5-6,9-11H2,1-2H3. The summed E-state index contributed by atoms with van der Waals surface area (Å²) in [6.45, 7) is 2.63. The topological polar surface area (TPSA) is 53.2 Å². The van der Waals surface area contributed by atoms with Crippen molar-refractivity contribution in [3.05, 3.63) is 35.4 Å². The van der Waals surface area contributed by atoms with E-state index in [0.717, 1.165) is 36.8 Å². The molecule has 2 rings (SSSR count). The minimum absolute atomic E-state index is 0.463. The average molecular weight is 273 g/mol. The molecule has 1 N–H and O–H groups in total. The Morgan fingerprint density at radius 3 is 2.90 bits per heavy atom. The molecule has 3 unspecified atom stereocenters. The molecular formula is C17H23NO2. The third kappa shape index (κ3) is 2.87. The van der Waals surface area contributed by atoms with Crippen molar-refractivity contribution >= 4 is 0 Å². The number of methoxy groups -OCH3 is 1. The molecule has 0 saturated heterocycles. The SMILES string of the molecule is COCc1ccccc1C(O)C1(C#N)CCCC(C)C1. The highest BCUT2D eigenvalue weighted by molar-refractivity contribution is 5.32. The largest absolute Gasteiger partial charge is 0.387 e. The number of hydrogen-bond donors (Lipinski definition) is 1. The molecule has 0 aromatic heterocycles. The van der Waals surface area contributed by atoms with Gasteiger partial charge in [0.2, 0.25) is 0 Å². The molecule has 0 amide bonds. The second-order valence-corrected chi connectivity index (χ2v) is 6.00. The van der Waals surface area contributed by atoms with Gasteiger partial charge in [-0.05, 0) is 29.9 Å². The summed E-state index contributed by atoms with van der Waals surface area (Å²) >= 11 is 0. The summed E-state index contributed by atoms with van der Waals surface area (Å²) in [5.74, 6) is 0.493. The Labute approximate surface area is 121 Å². The van der Waals surface area contributed by atoms with Crippen molar-refractivity contribution in [2.24, 2.45) is 11.3 Å². The van der Waals surface area contributed by atoms with Crippen LogP contribution in [0, 0.1) is 22.7 Å². The second-order valence-electron chi connectivity index (χ2n) is 6.00. The molecule has 108 valence electrons. The van der Waals surface area contributed by atoms with Crippen LogP contribution < -0.4 is 0 Å². The smallest absolute Gasteiger partial charge is 0.0979 e. The zero-order chi connectivity index (χ0) is 14.6. The van der Waals surface area contributed by atoms with E-state index >= 15 is 0 Å². The van der Waals surface area contributed by atoms with Crippen LogP contribution in [0.1, 0.15) is 49.8 Å². The summed E-state index contributed by atoms with van der Waals surface area (Å²) in [6, 6.07) is 10.1. The third-order valence-corrected chi connectivity index (χ3v) is 4.43. The maximum Gasteiger partial charge on any atom is 0.0979 e. The van der Waals surface area contributed by atoms with E-state index in [9.17, 15) is 10.4 Å². The number of benzene rings is 1. The minimum atomic E-state index is -0.735. The molecule has 1 saturated carbocycles. The molecule has 3 atom stereocenters. The summed E-state index contributed by atoms with van der Waals surface area (Å²) in [5, 5.41) is 20.5. The van der Waals surface area contributed by atoms with E-state index in [1.165, 1.54) is 0 Å². The molecule has 0 bridgehead atoms. The number of nitriles is 1. The number of aliphatic hydroxyl groups excluding tert-OH is 1. The Morgan fingerprint density at radius 2 is 2.25 bits per heavy atom. The fraction of sp³-hybridized carbons (Fsp3) is 0.588. The van der Waals surface area contributed by atoms with Crippen molar-refractivity contribution in [1.29, 1.82) is 5.26 Å². The summed E-state index contributed by atoms with van der Waals surface area (Å²) in [7, 11) is 1.64. The highest BCUT2D eigenvalue weighted by Crippen LogP contribution is 2.48. The molecule has 0 heterocycles. The maximum atomic E-state index is 10.8. The van der Waals surface area contributed by atoms with Crippen LogP contribution in [-0.4, -0.2) is 12.2 Å². The third-order valence-electron chi connectivity index (χ3n) is 4.43. The van der Waals surface area contributed by atoms with Crippen LogP contribution in [0.2, 0.25) is 0 Å². The lowest BCUT2D eigenvalue weighted by molar-refractivity contribution is 0.0202.